The average molecular weight is 235 g/mol. The van der Waals surface area contributed by atoms with Crippen molar-refractivity contribution in [3.05, 3.63) is 0 Å². The van der Waals surface area contributed by atoms with E-state index < -0.39 is 5.24 Å². The van der Waals surface area contributed by atoms with Crippen molar-refractivity contribution >= 4 is 22.8 Å². The fourth-order valence-electron chi connectivity index (χ4n) is 1.29. The van der Waals surface area contributed by atoms with Gasteiger partial charge in [0, 0.05) is 12.8 Å². The van der Waals surface area contributed by atoms with Gasteiger partial charge in [0.1, 0.15) is 6.10 Å². The molecule has 1 atom stereocenters. The normalized spacial score (nSPS) is 12.6. The number of carbonyl (C=O) groups excluding carboxylic acids is 2. The van der Waals surface area contributed by atoms with Crippen molar-refractivity contribution in [3.8, 4) is 0 Å². The van der Waals surface area contributed by atoms with E-state index in [9.17, 15) is 9.59 Å². The first kappa shape index (κ1) is 14.4. The Labute approximate surface area is 96.1 Å². The highest BCUT2D eigenvalue weighted by Crippen LogP contribution is 2.12. The second kappa shape index (κ2) is 7.69. The van der Waals surface area contributed by atoms with E-state index in [1.54, 1.807) is 0 Å². The van der Waals surface area contributed by atoms with Crippen LogP contribution in [-0.2, 0) is 14.3 Å². The van der Waals surface area contributed by atoms with Crippen molar-refractivity contribution in [2.24, 2.45) is 5.92 Å². The SMILES string of the molecule is CCC(OC(=O)CCCC(=O)Cl)C(C)C. The van der Waals surface area contributed by atoms with Gasteiger partial charge in [0.2, 0.25) is 5.24 Å². The Hall–Kier alpha value is -0.570. The van der Waals surface area contributed by atoms with Crippen molar-refractivity contribution < 1.29 is 14.3 Å². The molecular weight excluding hydrogens is 216 g/mol. The highest BCUT2D eigenvalue weighted by molar-refractivity contribution is 6.63. The Morgan fingerprint density at radius 3 is 2.27 bits per heavy atom. The topological polar surface area (TPSA) is 43.4 Å². The molecule has 88 valence electrons. The van der Waals surface area contributed by atoms with Gasteiger partial charge in [-0.3, -0.25) is 9.59 Å². The molecule has 0 fully saturated rings. The summed E-state index contributed by atoms with van der Waals surface area (Å²) in [5, 5.41) is -0.404. The Balaban J connectivity index is 3.76. The summed E-state index contributed by atoms with van der Waals surface area (Å²) < 4.78 is 5.25. The predicted octanol–water partition coefficient (Wildman–Crippen LogP) is 2.90. The number of halogens is 1. The number of hydrogen-bond acceptors (Lipinski definition) is 3. The molecule has 0 aromatic carbocycles. The van der Waals surface area contributed by atoms with Crippen LogP contribution in [0.2, 0.25) is 0 Å². The molecule has 0 saturated carbocycles. The van der Waals surface area contributed by atoms with Crippen LogP contribution < -0.4 is 0 Å². The highest BCUT2D eigenvalue weighted by atomic mass is 35.5. The lowest BCUT2D eigenvalue weighted by Gasteiger charge is -2.19. The molecule has 4 heteroatoms. The lowest BCUT2D eigenvalue weighted by molar-refractivity contribution is -0.151. The van der Waals surface area contributed by atoms with Gasteiger partial charge in [0.05, 0.1) is 0 Å². The number of hydrogen-bond donors (Lipinski definition) is 0. The van der Waals surface area contributed by atoms with Crippen molar-refractivity contribution in [1.82, 2.24) is 0 Å². The summed E-state index contributed by atoms with van der Waals surface area (Å²) in [4.78, 5) is 21.7. The zero-order valence-electron chi connectivity index (χ0n) is 9.59. The van der Waals surface area contributed by atoms with Gasteiger partial charge < -0.3 is 4.74 Å². The van der Waals surface area contributed by atoms with Gasteiger partial charge in [-0.05, 0) is 30.4 Å². The maximum absolute atomic E-state index is 11.3. The first-order valence-corrected chi connectivity index (χ1v) is 5.73. The Morgan fingerprint density at radius 1 is 1.27 bits per heavy atom. The van der Waals surface area contributed by atoms with Gasteiger partial charge in [-0.2, -0.15) is 0 Å². The average Bonchev–Trinajstić information content (AvgIpc) is 2.13. The quantitative estimate of drug-likeness (QED) is 0.503. The van der Waals surface area contributed by atoms with Crippen LogP contribution in [0.4, 0.5) is 0 Å². The second-order valence-corrected chi connectivity index (χ2v) is 4.31. The lowest BCUT2D eigenvalue weighted by Crippen LogP contribution is -2.22. The Bertz CT molecular complexity index is 214. The molecule has 0 N–H and O–H groups in total. The third-order valence-corrected chi connectivity index (χ3v) is 2.37. The smallest absolute Gasteiger partial charge is 0.306 e. The predicted molar refractivity (Wildman–Crippen MR) is 59.7 cm³/mol. The minimum atomic E-state index is -0.404. The van der Waals surface area contributed by atoms with Crippen LogP contribution in [0.1, 0.15) is 46.5 Å². The van der Waals surface area contributed by atoms with E-state index in [4.69, 9.17) is 16.3 Å². The molecule has 1 unspecified atom stereocenters. The molecule has 0 bridgehead atoms. The van der Waals surface area contributed by atoms with Gasteiger partial charge in [-0.15, -0.1) is 0 Å². The largest absolute Gasteiger partial charge is 0.462 e. The fraction of sp³-hybridized carbons (Fsp3) is 0.818. The first-order chi connectivity index (χ1) is 6.97. The minimum absolute atomic E-state index is 0.0239. The molecule has 0 heterocycles. The summed E-state index contributed by atoms with van der Waals surface area (Å²) in [6, 6.07) is 0. The van der Waals surface area contributed by atoms with Crippen LogP contribution in [0, 0.1) is 5.92 Å². The molecule has 0 aliphatic rings. The summed E-state index contributed by atoms with van der Waals surface area (Å²) in [7, 11) is 0. The highest BCUT2D eigenvalue weighted by Gasteiger charge is 2.15. The molecule has 0 radical (unpaired) electrons. The molecule has 15 heavy (non-hydrogen) atoms. The third-order valence-electron chi connectivity index (χ3n) is 2.18. The van der Waals surface area contributed by atoms with E-state index in [-0.39, 0.29) is 24.9 Å². The van der Waals surface area contributed by atoms with Crippen LogP contribution >= 0.6 is 11.6 Å². The van der Waals surface area contributed by atoms with Gasteiger partial charge in [-0.1, -0.05) is 20.8 Å². The van der Waals surface area contributed by atoms with Crippen LogP contribution in [0.15, 0.2) is 0 Å². The molecule has 0 rings (SSSR count). The molecule has 0 spiro atoms. The molecule has 3 nitrogen and oxygen atoms in total. The third kappa shape index (κ3) is 7.37. The van der Waals surface area contributed by atoms with E-state index in [1.165, 1.54) is 0 Å². The van der Waals surface area contributed by atoms with E-state index in [1.807, 2.05) is 20.8 Å². The standard InChI is InChI=1S/C11H19ClO3/c1-4-9(8(2)3)15-11(14)7-5-6-10(12)13/h8-9H,4-7H2,1-3H3. The number of ether oxygens (including phenoxy) is 1. The molecular formula is C11H19ClO3. The molecule has 0 aromatic heterocycles. The van der Waals surface area contributed by atoms with Gasteiger partial charge in [0.15, 0.2) is 0 Å². The molecule has 0 aliphatic heterocycles. The van der Waals surface area contributed by atoms with Crippen LogP contribution in [0.5, 0.6) is 0 Å². The molecule has 0 amide bonds. The molecule has 0 aliphatic carbocycles. The Morgan fingerprint density at radius 2 is 1.87 bits per heavy atom. The van der Waals surface area contributed by atoms with Crippen molar-refractivity contribution in [1.29, 1.82) is 0 Å². The van der Waals surface area contributed by atoms with Crippen LogP contribution in [0.25, 0.3) is 0 Å². The molecule has 0 aromatic rings. The summed E-state index contributed by atoms with van der Waals surface area (Å²) in [6.45, 7) is 6.02. The Kier molecular flexibility index (Phi) is 7.39. The summed E-state index contributed by atoms with van der Waals surface area (Å²) in [5.41, 5.74) is 0. The molecule has 0 saturated heterocycles. The zero-order chi connectivity index (χ0) is 11.8. The van der Waals surface area contributed by atoms with Crippen LogP contribution in [-0.4, -0.2) is 17.3 Å². The summed E-state index contributed by atoms with van der Waals surface area (Å²) in [5.74, 6) is 0.0853. The van der Waals surface area contributed by atoms with Crippen LogP contribution in [0.3, 0.4) is 0 Å². The summed E-state index contributed by atoms with van der Waals surface area (Å²) in [6.07, 6.45) is 1.76. The lowest BCUT2D eigenvalue weighted by atomic mass is 10.1. The van der Waals surface area contributed by atoms with Crippen molar-refractivity contribution in [3.63, 3.8) is 0 Å². The zero-order valence-corrected chi connectivity index (χ0v) is 10.3. The van der Waals surface area contributed by atoms with E-state index in [0.29, 0.717) is 12.3 Å². The van der Waals surface area contributed by atoms with E-state index in [0.717, 1.165) is 6.42 Å². The van der Waals surface area contributed by atoms with Gasteiger partial charge in [-0.25, -0.2) is 0 Å². The second-order valence-electron chi connectivity index (χ2n) is 3.89. The van der Waals surface area contributed by atoms with Crippen molar-refractivity contribution in [2.75, 3.05) is 0 Å². The van der Waals surface area contributed by atoms with E-state index in [2.05, 4.69) is 0 Å². The van der Waals surface area contributed by atoms with Crippen molar-refractivity contribution in [2.45, 2.75) is 52.6 Å². The van der Waals surface area contributed by atoms with E-state index >= 15 is 0 Å². The fourth-order valence-corrected chi connectivity index (χ4v) is 1.42. The summed E-state index contributed by atoms with van der Waals surface area (Å²) >= 11 is 5.15. The number of rotatable bonds is 7. The minimum Gasteiger partial charge on any atom is -0.462 e. The number of esters is 1. The maximum Gasteiger partial charge on any atom is 0.306 e. The van der Waals surface area contributed by atoms with Gasteiger partial charge in [0.25, 0.3) is 0 Å². The first-order valence-electron chi connectivity index (χ1n) is 5.35. The monoisotopic (exact) mass is 234 g/mol. The van der Waals surface area contributed by atoms with Gasteiger partial charge >= 0.3 is 5.97 Å². The maximum atomic E-state index is 11.3. The number of carbonyl (C=O) groups is 2.